The molecule has 1 aliphatic rings. The Kier molecular flexibility index (Phi) is 6.31. The summed E-state index contributed by atoms with van der Waals surface area (Å²) in [4.78, 5) is 38.3. The molecule has 2 aromatic carbocycles. The molecule has 7 heteroatoms. The quantitative estimate of drug-likeness (QED) is 0.695. The van der Waals surface area contributed by atoms with Gasteiger partial charge in [0.25, 0.3) is 0 Å². The van der Waals surface area contributed by atoms with Gasteiger partial charge in [-0.25, -0.2) is 0 Å². The van der Waals surface area contributed by atoms with Crippen molar-refractivity contribution in [1.82, 2.24) is 0 Å². The molecule has 0 atom stereocenters. The van der Waals surface area contributed by atoms with Crippen molar-refractivity contribution < 1.29 is 14.4 Å². The Morgan fingerprint density at radius 3 is 2.25 bits per heavy atom. The van der Waals surface area contributed by atoms with Crippen LogP contribution in [-0.4, -0.2) is 30.7 Å². The van der Waals surface area contributed by atoms with Crippen LogP contribution in [0.4, 0.5) is 11.4 Å². The number of rotatable bonds is 7. The van der Waals surface area contributed by atoms with Gasteiger partial charge in [0, 0.05) is 42.1 Å². The van der Waals surface area contributed by atoms with E-state index in [1.807, 2.05) is 0 Å². The lowest BCUT2D eigenvalue weighted by atomic mass is 10.1. The number of nitrogens with two attached hydrogens (primary N) is 1. The summed E-state index contributed by atoms with van der Waals surface area (Å²) in [5.41, 5.74) is 7.62. The van der Waals surface area contributed by atoms with Gasteiger partial charge in [0.15, 0.2) is 5.78 Å². The molecule has 3 N–H and O–H groups in total. The number of carbonyl (C=O) groups excluding carboxylic acids is 3. The van der Waals surface area contributed by atoms with Crippen molar-refractivity contribution in [3.8, 4) is 0 Å². The molecule has 3 rings (SSSR count). The summed E-state index contributed by atoms with van der Waals surface area (Å²) < 4.78 is 0. The first-order chi connectivity index (χ1) is 13.4. The fourth-order valence-electron chi connectivity index (χ4n) is 3.24. The molecular formula is C21H22ClN3O3. The number of anilines is 2. The van der Waals surface area contributed by atoms with Crippen LogP contribution in [0.1, 0.15) is 46.4 Å². The Balaban J connectivity index is 1.68. The number of Topliss-reactive ketones (excluding diaryl/α,β-unsaturated/α-hetero) is 1. The van der Waals surface area contributed by atoms with Crippen molar-refractivity contribution in [3.05, 3.63) is 58.6 Å². The van der Waals surface area contributed by atoms with Gasteiger partial charge >= 0.3 is 0 Å². The van der Waals surface area contributed by atoms with Gasteiger partial charge in [-0.1, -0.05) is 11.6 Å². The van der Waals surface area contributed by atoms with Gasteiger partial charge in [-0.2, -0.15) is 0 Å². The SMILES string of the molecule is NC(=O)c1ccc(N2CCCC2)c(NC(=O)CCC(=O)c2ccc(Cl)cc2)c1. The highest BCUT2D eigenvalue weighted by atomic mass is 35.5. The molecule has 0 aromatic heterocycles. The van der Waals surface area contributed by atoms with Crippen LogP contribution in [0.15, 0.2) is 42.5 Å². The van der Waals surface area contributed by atoms with Crippen LogP contribution in [0, 0.1) is 0 Å². The van der Waals surface area contributed by atoms with E-state index in [1.165, 1.54) is 0 Å². The Morgan fingerprint density at radius 1 is 0.964 bits per heavy atom. The molecule has 28 heavy (non-hydrogen) atoms. The summed E-state index contributed by atoms with van der Waals surface area (Å²) in [6, 6.07) is 11.6. The molecule has 0 radical (unpaired) electrons. The number of nitrogens with zero attached hydrogens (tertiary/aromatic N) is 1. The van der Waals surface area contributed by atoms with E-state index in [2.05, 4.69) is 10.2 Å². The number of amides is 2. The Bertz CT molecular complexity index is 890. The maximum Gasteiger partial charge on any atom is 0.248 e. The van der Waals surface area contributed by atoms with Crippen molar-refractivity contribution >= 4 is 40.6 Å². The molecular weight excluding hydrogens is 378 g/mol. The third-order valence-corrected chi connectivity index (χ3v) is 5.00. The summed E-state index contributed by atoms with van der Waals surface area (Å²) in [7, 11) is 0. The van der Waals surface area contributed by atoms with E-state index in [4.69, 9.17) is 17.3 Å². The fourth-order valence-corrected chi connectivity index (χ4v) is 3.37. The molecule has 2 amide bonds. The van der Waals surface area contributed by atoms with E-state index < -0.39 is 5.91 Å². The highest BCUT2D eigenvalue weighted by Gasteiger charge is 2.19. The van der Waals surface area contributed by atoms with E-state index >= 15 is 0 Å². The molecule has 0 spiro atoms. The smallest absolute Gasteiger partial charge is 0.248 e. The third-order valence-electron chi connectivity index (χ3n) is 4.75. The Labute approximate surface area is 168 Å². The Hall–Kier alpha value is -2.86. The maximum atomic E-state index is 12.4. The van der Waals surface area contributed by atoms with Crippen molar-refractivity contribution in [2.45, 2.75) is 25.7 Å². The second kappa shape index (κ2) is 8.89. The molecule has 0 saturated carbocycles. The highest BCUT2D eigenvalue weighted by Crippen LogP contribution is 2.30. The van der Waals surface area contributed by atoms with E-state index in [-0.39, 0.29) is 24.5 Å². The molecule has 0 aliphatic carbocycles. The van der Waals surface area contributed by atoms with Gasteiger partial charge < -0.3 is 16.0 Å². The van der Waals surface area contributed by atoms with E-state index in [0.29, 0.717) is 21.8 Å². The number of carbonyl (C=O) groups is 3. The lowest BCUT2D eigenvalue weighted by Crippen LogP contribution is -2.22. The van der Waals surface area contributed by atoms with Crippen LogP contribution in [-0.2, 0) is 4.79 Å². The predicted octanol–water partition coefficient (Wildman–Crippen LogP) is 3.64. The summed E-state index contributed by atoms with van der Waals surface area (Å²) in [5.74, 6) is -0.969. The molecule has 1 aliphatic heterocycles. The maximum absolute atomic E-state index is 12.4. The van der Waals surface area contributed by atoms with Crippen LogP contribution in [0.2, 0.25) is 5.02 Å². The number of ketones is 1. The van der Waals surface area contributed by atoms with E-state index in [0.717, 1.165) is 31.6 Å². The second-order valence-corrected chi connectivity index (χ2v) is 7.21. The third kappa shape index (κ3) is 4.89. The van der Waals surface area contributed by atoms with Crippen LogP contribution in [0.3, 0.4) is 0 Å². The molecule has 1 fully saturated rings. The summed E-state index contributed by atoms with van der Waals surface area (Å²) in [5, 5.41) is 3.39. The predicted molar refractivity (Wildman–Crippen MR) is 110 cm³/mol. The van der Waals surface area contributed by atoms with Gasteiger partial charge in [0.05, 0.1) is 11.4 Å². The molecule has 0 bridgehead atoms. The standard InChI is InChI=1S/C21H22ClN3O3/c22-16-6-3-14(4-7-16)19(26)9-10-20(27)24-17-13-15(21(23)28)5-8-18(17)25-11-1-2-12-25/h3-8,13H,1-2,9-12H2,(H2,23,28)(H,24,27). The first-order valence-corrected chi connectivity index (χ1v) is 9.59. The number of halogens is 1. The summed E-state index contributed by atoms with van der Waals surface area (Å²) in [6.45, 7) is 1.79. The van der Waals surface area contributed by atoms with E-state index in [1.54, 1.807) is 42.5 Å². The average Bonchev–Trinajstić information content (AvgIpc) is 3.21. The molecule has 6 nitrogen and oxygen atoms in total. The zero-order valence-electron chi connectivity index (χ0n) is 15.4. The first-order valence-electron chi connectivity index (χ1n) is 9.21. The van der Waals surface area contributed by atoms with Crippen LogP contribution in [0.5, 0.6) is 0 Å². The normalized spacial score (nSPS) is 13.4. The van der Waals surface area contributed by atoms with E-state index in [9.17, 15) is 14.4 Å². The molecule has 0 unspecified atom stereocenters. The zero-order valence-corrected chi connectivity index (χ0v) is 16.2. The minimum absolute atomic E-state index is 0.0434. The van der Waals surface area contributed by atoms with Crippen molar-refractivity contribution in [2.24, 2.45) is 5.73 Å². The molecule has 1 saturated heterocycles. The topological polar surface area (TPSA) is 92.5 Å². The summed E-state index contributed by atoms with van der Waals surface area (Å²) in [6.07, 6.45) is 2.30. The minimum Gasteiger partial charge on any atom is -0.370 e. The zero-order chi connectivity index (χ0) is 20.1. The number of hydrogen-bond donors (Lipinski definition) is 2. The number of benzene rings is 2. The monoisotopic (exact) mass is 399 g/mol. The Morgan fingerprint density at radius 2 is 1.61 bits per heavy atom. The second-order valence-electron chi connectivity index (χ2n) is 6.77. The van der Waals surface area contributed by atoms with Gasteiger partial charge in [-0.15, -0.1) is 0 Å². The van der Waals surface area contributed by atoms with Gasteiger partial charge in [0.2, 0.25) is 11.8 Å². The van der Waals surface area contributed by atoms with Crippen molar-refractivity contribution in [2.75, 3.05) is 23.3 Å². The first kappa shape index (κ1) is 19.9. The highest BCUT2D eigenvalue weighted by molar-refractivity contribution is 6.30. The van der Waals surface area contributed by atoms with Gasteiger partial charge in [-0.05, 0) is 55.3 Å². The number of nitrogens with one attached hydrogen (secondary N) is 1. The van der Waals surface area contributed by atoms with Crippen molar-refractivity contribution in [1.29, 1.82) is 0 Å². The largest absolute Gasteiger partial charge is 0.370 e. The fraction of sp³-hybridized carbons (Fsp3) is 0.286. The lowest BCUT2D eigenvalue weighted by Gasteiger charge is -2.22. The van der Waals surface area contributed by atoms with Crippen molar-refractivity contribution in [3.63, 3.8) is 0 Å². The number of primary amides is 1. The minimum atomic E-state index is -0.554. The number of hydrogen-bond acceptors (Lipinski definition) is 4. The van der Waals surface area contributed by atoms with Gasteiger partial charge in [-0.3, -0.25) is 14.4 Å². The van der Waals surface area contributed by atoms with Crippen LogP contribution < -0.4 is 16.0 Å². The average molecular weight is 400 g/mol. The molecule has 2 aromatic rings. The summed E-state index contributed by atoms with van der Waals surface area (Å²) >= 11 is 5.83. The molecule has 146 valence electrons. The lowest BCUT2D eigenvalue weighted by molar-refractivity contribution is -0.116. The van der Waals surface area contributed by atoms with Crippen LogP contribution >= 0.6 is 11.6 Å². The van der Waals surface area contributed by atoms with Gasteiger partial charge in [0.1, 0.15) is 0 Å². The molecule has 1 heterocycles. The van der Waals surface area contributed by atoms with Crippen LogP contribution in [0.25, 0.3) is 0 Å².